The van der Waals surface area contributed by atoms with Gasteiger partial charge in [0.15, 0.2) is 0 Å². The molecule has 2 saturated heterocycles. The number of hydrogen-bond acceptors (Lipinski definition) is 5. The number of rotatable bonds is 5. The molecule has 2 aromatic carbocycles. The van der Waals surface area contributed by atoms with Crippen LogP contribution in [-0.2, 0) is 16.1 Å². The normalized spacial score (nSPS) is 18.6. The van der Waals surface area contributed by atoms with E-state index in [1.807, 2.05) is 65.7 Å². The molecule has 2 aliphatic heterocycles. The number of hydrogen-bond donors (Lipinski definition) is 1. The van der Waals surface area contributed by atoms with Gasteiger partial charge in [0.1, 0.15) is 5.82 Å². The van der Waals surface area contributed by atoms with Gasteiger partial charge in [-0.1, -0.05) is 42.5 Å². The van der Waals surface area contributed by atoms with E-state index in [2.05, 4.69) is 15.2 Å². The highest BCUT2D eigenvalue weighted by Gasteiger charge is 2.29. The van der Waals surface area contributed by atoms with Crippen molar-refractivity contribution in [3.8, 4) is 0 Å². The third-order valence-corrected chi connectivity index (χ3v) is 6.71. The lowest BCUT2D eigenvalue weighted by Gasteiger charge is -2.32. The minimum Gasteiger partial charge on any atom is -0.378 e. The van der Waals surface area contributed by atoms with Crippen molar-refractivity contribution in [2.24, 2.45) is 5.92 Å². The van der Waals surface area contributed by atoms with E-state index in [1.54, 1.807) is 0 Å². The van der Waals surface area contributed by atoms with Gasteiger partial charge in [-0.2, -0.15) is 0 Å². The zero-order valence-corrected chi connectivity index (χ0v) is 19.3. The van der Waals surface area contributed by atoms with Crippen molar-refractivity contribution in [3.63, 3.8) is 0 Å². The van der Waals surface area contributed by atoms with Gasteiger partial charge in [-0.3, -0.25) is 9.59 Å². The average Bonchev–Trinajstić information content (AvgIpc) is 2.92. The molecule has 1 aromatic heterocycles. The number of benzene rings is 2. The van der Waals surface area contributed by atoms with E-state index < -0.39 is 0 Å². The molecule has 7 nitrogen and oxygen atoms in total. The number of aromatic nitrogens is 1. The molecular weight excluding hydrogens is 428 g/mol. The molecule has 1 N–H and O–H groups in total. The van der Waals surface area contributed by atoms with Crippen LogP contribution in [0.2, 0.25) is 0 Å². The monoisotopic (exact) mass is 458 g/mol. The summed E-state index contributed by atoms with van der Waals surface area (Å²) in [4.78, 5) is 34.8. The highest BCUT2D eigenvalue weighted by Crippen LogP contribution is 2.24. The van der Waals surface area contributed by atoms with Crippen LogP contribution in [0.15, 0.2) is 60.8 Å². The van der Waals surface area contributed by atoms with Crippen LogP contribution >= 0.6 is 0 Å². The molecule has 0 spiro atoms. The zero-order valence-electron chi connectivity index (χ0n) is 19.3. The molecular formula is C27H30N4O3. The number of amides is 2. The maximum absolute atomic E-state index is 13.3. The van der Waals surface area contributed by atoms with Gasteiger partial charge in [0, 0.05) is 44.5 Å². The first kappa shape index (κ1) is 22.3. The second-order valence-corrected chi connectivity index (χ2v) is 8.96. The van der Waals surface area contributed by atoms with E-state index in [4.69, 9.17) is 4.74 Å². The highest BCUT2D eigenvalue weighted by molar-refractivity contribution is 6.07. The van der Waals surface area contributed by atoms with E-state index in [-0.39, 0.29) is 17.7 Å². The minimum absolute atomic E-state index is 0.00259. The van der Waals surface area contributed by atoms with E-state index in [9.17, 15) is 9.59 Å². The Balaban J connectivity index is 1.18. The standard InChI is InChI=1S/C27H30N4O3/c32-26(29-18-20-10-11-25(28-17-20)30-13-15-34-16-14-30)22-7-4-12-31(19-22)27(33)24-9-3-6-21-5-1-2-8-23(21)24/h1-3,5-6,8-11,17,22H,4,7,12-16,18-19H2,(H,29,32). The summed E-state index contributed by atoms with van der Waals surface area (Å²) in [5.41, 5.74) is 1.66. The van der Waals surface area contributed by atoms with Crippen molar-refractivity contribution < 1.29 is 14.3 Å². The van der Waals surface area contributed by atoms with Crippen LogP contribution in [0.4, 0.5) is 5.82 Å². The van der Waals surface area contributed by atoms with Gasteiger partial charge in [0.25, 0.3) is 5.91 Å². The number of likely N-dealkylation sites (tertiary alicyclic amines) is 1. The van der Waals surface area contributed by atoms with Crippen LogP contribution in [0.1, 0.15) is 28.8 Å². The third kappa shape index (κ3) is 4.89. The molecule has 7 heteroatoms. The molecule has 0 aliphatic carbocycles. The molecule has 3 heterocycles. The molecule has 5 rings (SSSR count). The Kier molecular flexibility index (Phi) is 6.72. The summed E-state index contributed by atoms with van der Waals surface area (Å²) in [7, 11) is 0. The Hall–Kier alpha value is -3.45. The minimum atomic E-state index is -0.201. The van der Waals surface area contributed by atoms with E-state index in [0.717, 1.165) is 61.3 Å². The molecule has 1 atom stereocenters. The third-order valence-electron chi connectivity index (χ3n) is 6.71. The Morgan fingerprint density at radius 3 is 2.65 bits per heavy atom. The Morgan fingerprint density at radius 1 is 1.00 bits per heavy atom. The van der Waals surface area contributed by atoms with Crippen molar-refractivity contribution >= 4 is 28.4 Å². The van der Waals surface area contributed by atoms with Gasteiger partial charge >= 0.3 is 0 Å². The summed E-state index contributed by atoms with van der Waals surface area (Å²) in [6.07, 6.45) is 3.44. The molecule has 2 fully saturated rings. The number of nitrogens with zero attached hydrogens (tertiary/aromatic N) is 3. The number of piperidine rings is 1. The van der Waals surface area contributed by atoms with E-state index in [1.165, 1.54) is 0 Å². The number of fused-ring (bicyclic) bond motifs is 1. The van der Waals surface area contributed by atoms with Gasteiger partial charge in [0.05, 0.1) is 19.1 Å². The molecule has 2 aliphatic rings. The fourth-order valence-corrected chi connectivity index (χ4v) is 4.79. The quantitative estimate of drug-likeness (QED) is 0.635. The van der Waals surface area contributed by atoms with Crippen molar-refractivity contribution in [3.05, 3.63) is 71.9 Å². The lowest BCUT2D eigenvalue weighted by molar-refractivity contribution is -0.126. The van der Waals surface area contributed by atoms with Crippen LogP contribution in [0.3, 0.4) is 0 Å². The van der Waals surface area contributed by atoms with Gasteiger partial charge in [-0.05, 0) is 41.3 Å². The Bertz CT molecular complexity index is 1150. The number of carbonyl (C=O) groups excluding carboxylic acids is 2. The van der Waals surface area contributed by atoms with Crippen molar-refractivity contribution in [2.75, 3.05) is 44.3 Å². The predicted octanol–water partition coefficient (Wildman–Crippen LogP) is 3.24. The fraction of sp³-hybridized carbons (Fsp3) is 0.370. The lowest BCUT2D eigenvalue weighted by Crippen LogP contribution is -2.45. The first-order chi connectivity index (χ1) is 16.7. The second-order valence-electron chi connectivity index (χ2n) is 8.96. The van der Waals surface area contributed by atoms with Gasteiger partial charge in [0.2, 0.25) is 5.91 Å². The summed E-state index contributed by atoms with van der Waals surface area (Å²) in [5.74, 6) is 0.728. The number of morpholine rings is 1. The first-order valence-electron chi connectivity index (χ1n) is 12.0. The number of nitrogens with one attached hydrogen (secondary N) is 1. The summed E-state index contributed by atoms with van der Waals surface area (Å²) < 4.78 is 5.39. The van der Waals surface area contributed by atoms with Crippen LogP contribution in [-0.4, -0.2) is 61.1 Å². The number of carbonyl (C=O) groups is 2. The molecule has 3 aromatic rings. The molecule has 1 unspecified atom stereocenters. The summed E-state index contributed by atoms with van der Waals surface area (Å²) in [6, 6.07) is 17.7. The van der Waals surface area contributed by atoms with Crippen molar-refractivity contribution in [1.82, 2.24) is 15.2 Å². The number of anilines is 1. The van der Waals surface area contributed by atoms with Crippen LogP contribution in [0, 0.1) is 5.92 Å². The smallest absolute Gasteiger partial charge is 0.254 e. The van der Waals surface area contributed by atoms with Gasteiger partial charge in [-0.25, -0.2) is 4.98 Å². The summed E-state index contributed by atoms with van der Waals surface area (Å²) in [5, 5.41) is 5.05. The molecule has 0 saturated carbocycles. The van der Waals surface area contributed by atoms with Crippen LogP contribution in [0.5, 0.6) is 0 Å². The Morgan fingerprint density at radius 2 is 1.82 bits per heavy atom. The number of ether oxygens (including phenoxy) is 1. The topological polar surface area (TPSA) is 74.8 Å². The maximum Gasteiger partial charge on any atom is 0.254 e. The number of pyridine rings is 1. The second kappa shape index (κ2) is 10.2. The molecule has 176 valence electrons. The lowest BCUT2D eigenvalue weighted by atomic mass is 9.95. The van der Waals surface area contributed by atoms with Gasteiger partial charge in [-0.15, -0.1) is 0 Å². The maximum atomic E-state index is 13.3. The largest absolute Gasteiger partial charge is 0.378 e. The molecule has 2 amide bonds. The van der Waals surface area contributed by atoms with Crippen molar-refractivity contribution in [1.29, 1.82) is 0 Å². The average molecular weight is 459 g/mol. The van der Waals surface area contributed by atoms with Crippen LogP contribution in [0.25, 0.3) is 10.8 Å². The zero-order chi connectivity index (χ0) is 23.3. The molecule has 0 radical (unpaired) electrons. The fourth-order valence-electron chi connectivity index (χ4n) is 4.79. The van der Waals surface area contributed by atoms with E-state index in [0.29, 0.717) is 25.2 Å². The first-order valence-corrected chi connectivity index (χ1v) is 12.0. The van der Waals surface area contributed by atoms with Gasteiger partial charge < -0.3 is 19.9 Å². The predicted molar refractivity (Wildman–Crippen MR) is 132 cm³/mol. The summed E-state index contributed by atoms with van der Waals surface area (Å²) in [6.45, 7) is 4.70. The SMILES string of the molecule is O=C(NCc1ccc(N2CCOCC2)nc1)C1CCCN(C(=O)c2cccc3ccccc23)C1. The molecule has 0 bridgehead atoms. The highest BCUT2D eigenvalue weighted by atomic mass is 16.5. The van der Waals surface area contributed by atoms with Crippen LogP contribution < -0.4 is 10.2 Å². The summed E-state index contributed by atoms with van der Waals surface area (Å²) >= 11 is 0. The van der Waals surface area contributed by atoms with E-state index >= 15 is 0 Å². The Labute approximate surface area is 199 Å². The molecule has 34 heavy (non-hydrogen) atoms. The van der Waals surface area contributed by atoms with Crippen molar-refractivity contribution in [2.45, 2.75) is 19.4 Å².